The van der Waals surface area contributed by atoms with Crippen LogP contribution in [0.3, 0.4) is 0 Å². The second kappa shape index (κ2) is 11.5. The monoisotopic (exact) mass is 463 g/mol. The average molecular weight is 464 g/mol. The smallest absolute Gasteiger partial charge is 0.251 e. The van der Waals surface area contributed by atoms with Gasteiger partial charge in [-0.15, -0.1) is 0 Å². The first kappa shape index (κ1) is 25.0. The van der Waals surface area contributed by atoms with Crippen molar-refractivity contribution in [2.24, 2.45) is 0 Å². The SMILES string of the molecule is COc1ccc(C(=O)NCCc2ccc(OC)c(OC)c2)cc1COc1cc(C)cc(C)c1C. The lowest BCUT2D eigenvalue weighted by molar-refractivity contribution is 0.0954. The molecule has 0 radical (unpaired) electrons. The van der Waals surface area contributed by atoms with E-state index in [1.165, 1.54) is 5.56 Å². The molecule has 0 spiro atoms. The summed E-state index contributed by atoms with van der Waals surface area (Å²) in [6.45, 7) is 6.97. The Labute approximate surface area is 201 Å². The van der Waals surface area contributed by atoms with Crippen LogP contribution in [0.25, 0.3) is 0 Å². The third kappa shape index (κ3) is 6.01. The highest BCUT2D eigenvalue weighted by Crippen LogP contribution is 2.28. The highest BCUT2D eigenvalue weighted by Gasteiger charge is 2.13. The predicted molar refractivity (Wildman–Crippen MR) is 134 cm³/mol. The van der Waals surface area contributed by atoms with Crippen molar-refractivity contribution >= 4 is 5.91 Å². The fourth-order valence-corrected chi connectivity index (χ4v) is 3.80. The number of hydrogen-bond donors (Lipinski definition) is 1. The van der Waals surface area contributed by atoms with Gasteiger partial charge in [0, 0.05) is 17.7 Å². The maximum Gasteiger partial charge on any atom is 0.251 e. The van der Waals surface area contributed by atoms with Crippen molar-refractivity contribution in [2.45, 2.75) is 33.8 Å². The summed E-state index contributed by atoms with van der Waals surface area (Å²) in [5, 5.41) is 2.98. The Morgan fingerprint density at radius 3 is 2.21 bits per heavy atom. The molecule has 0 saturated carbocycles. The molecule has 0 heterocycles. The second-order valence-corrected chi connectivity index (χ2v) is 8.22. The van der Waals surface area contributed by atoms with E-state index < -0.39 is 0 Å². The summed E-state index contributed by atoms with van der Waals surface area (Å²) in [7, 11) is 4.83. The molecule has 0 unspecified atom stereocenters. The Morgan fingerprint density at radius 2 is 1.50 bits per heavy atom. The zero-order chi connectivity index (χ0) is 24.7. The van der Waals surface area contributed by atoms with Crippen LogP contribution in [-0.2, 0) is 13.0 Å². The summed E-state index contributed by atoms with van der Waals surface area (Å²) < 4.78 is 22.2. The third-order valence-corrected chi connectivity index (χ3v) is 5.84. The minimum absolute atomic E-state index is 0.146. The number of nitrogens with one attached hydrogen (secondary N) is 1. The van der Waals surface area contributed by atoms with Crippen LogP contribution in [0.1, 0.15) is 38.2 Å². The zero-order valence-electron chi connectivity index (χ0n) is 20.8. The minimum atomic E-state index is -0.146. The van der Waals surface area contributed by atoms with Gasteiger partial charge in [-0.1, -0.05) is 12.1 Å². The lowest BCUT2D eigenvalue weighted by Crippen LogP contribution is -2.25. The molecular weight excluding hydrogens is 430 g/mol. The molecule has 6 heteroatoms. The van der Waals surface area contributed by atoms with Crippen molar-refractivity contribution in [2.75, 3.05) is 27.9 Å². The summed E-state index contributed by atoms with van der Waals surface area (Å²) in [6.07, 6.45) is 0.671. The van der Waals surface area contributed by atoms with Crippen molar-refractivity contribution in [3.8, 4) is 23.0 Å². The van der Waals surface area contributed by atoms with E-state index in [2.05, 4.69) is 18.3 Å². The summed E-state index contributed by atoms with van der Waals surface area (Å²) >= 11 is 0. The van der Waals surface area contributed by atoms with Gasteiger partial charge in [0.2, 0.25) is 0 Å². The molecule has 3 rings (SSSR count). The number of carbonyl (C=O) groups excluding carboxylic acids is 1. The Kier molecular flexibility index (Phi) is 8.41. The van der Waals surface area contributed by atoms with E-state index in [1.54, 1.807) is 33.5 Å². The number of benzene rings is 3. The highest BCUT2D eigenvalue weighted by atomic mass is 16.5. The molecule has 3 aromatic rings. The number of carbonyl (C=O) groups is 1. The molecular formula is C28H33NO5. The number of ether oxygens (including phenoxy) is 4. The van der Waals surface area contributed by atoms with Crippen LogP contribution in [-0.4, -0.2) is 33.8 Å². The second-order valence-electron chi connectivity index (χ2n) is 8.22. The number of amides is 1. The Balaban J connectivity index is 1.66. The van der Waals surface area contributed by atoms with Crippen LogP contribution in [0.4, 0.5) is 0 Å². The summed E-state index contributed by atoms with van der Waals surface area (Å²) in [4.78, 5) is 12.8. The first-order valence-corrected chi connectivity index (χ1v) is 11.2. The van der Waals surface area contributed by atoms with Crippen LogP contribution < -0.4 is 24.3 Å². The molecule has 1 amide bonds. The van der Waals surface area contributed by atoms with Gasteiger partial charge in [-0.3, -0.25) is 4.79 Å². The van der Waals surface area contributed by atoms with E-state index in [0.29, 0.717) is 42.4 Å². The van der Waals surface area contributed by atoms with Crippen LogP contribution in [0.2, 0.25) is 0 Å². The van der Waals surface area contributed by atoms with E-state index in [9.17, 15) is 4.79 Å². The quantitative estimate of drug-likeness (QED) is 0.448. The van der Waals surface area contributed by atoms with Crippen molar-refractivity contribution in [1.82, 2.24) is 5.32 Å². The molecule has 0 aliphatic carbocycles. The summed E-state index contributed by atoms with van der Waals surface area (Å²) in [5.74, 6) is 2.73. The Bertz CT molecular complexity index is 1160. The molecule has 0 aliphatic heterocycles. The largest absolute Gasteiger partial charge is 0.496 e. The fourth-order valence-electron chi connectivity index (χ4n) is 3.80. The fraction of sp³-hybridized carbons (Fsp3) is 0.321. The predicted octanol–water partition coefficient (Wildman–Crippen LogP) is 5.19. The molecule has 0 aromatic heterocycles. The molecule has 180 valence electrons. The molecule has 3 aromatic carbocycles. The van der Waals surface area contributed by atoms with Crippen LogP contribution in [0.15, 0.2) is 48.5 Å². The molecule has 6 nitrogen and oxygen atoms in total. The Hall–Kier alpha value is -3.67. The first-order chi connectivity index (χ1) is 16.4. The molecule has 0 fully saturated rings. The number of aryl methyl sites for hydroxylation is 2. The third-order valence-electron chi connectivity index (χ3n) is 5.84. The first-order valence-electron chi connectivity index (χ1n) is 11.2. The van der Waals surface area contributed by atoms with E-state index in [0.717, 1.165) is 28.0 Å². The Morgan fingerprint density at radius 1 is 0.794 bits per heavy atom. The van der Waals surface area contributed by atoms with E-state index >= 15 is 0 Å². The van der Waals surface area contributed by atoms with Gasteiger partial charge < -0.3 is 24.3 Å². The van der Waals surface area contributed by atoms with Gasteiger partial charge >= 0.3 is 0 Å². The summed E-state index contributed by atoms with van der Waals surface area (Å²) in [5.41, 5.74) is 5.86. The van der Waals surface area contributed by atoms with Gasteiger partial charge in [0.1, 0.15) is 18.1 Å². The zero-order valence-corrected chi connectivity index (χ0v) is 20.8. The van der Waals surface area contributed by atoms with Gasteiger partial charge in [-0.2, -0.15) is 0 Å². The van der Waals surface area contributed by atoms with E-state index in [4.69, 9.17) is 18.9 Å². The maximum absolute atomic E-state index is 12.8. The van der Waals surface area contributed by atoms with Gasteiger partial charge in [0.05, 0.1) is 21.3 Å². The lowest BCUT2D eigenvalue weighted by atomic mass is 10.1. The summed E-state index contributed by atoms with van der Waals surface area (Å²) in [6, 6.07) is 15.3. The van der Waals surface area contributed by atoms with Crippen molar-refractivity contribution < 1.29 is 23.7 Å². The van der Waals surface area contributed by atoms with E-state index in [-0.39, 0.29) is 5.91 Å². The number of hydrogen-bond acceptors (Lipinski definition) is 5. The topological polar surface area (TPSA) is 66.0 Å². The maximum atomic E-state index is 12.8. The van der Waals surface area contributed by atoms with Gasteiger partial charge in [-0.05, 0) is 85.8 Å². The van der Waals surface area contributed by atoms with Crippen LogP contribution in [0.5, 0.6) is 23.0 Å². The molecule has 0 saturated heterocycles. The van der Waals surface area contributed by atoms with Gasteiger partial charge in [0.25, 0.3) is 5.91 Å². The van der Waals surface area contributed by atoms with Crippen molar-refractivity contribution in [1.29, 1.82) is 0 Å². The molecule has 1 N–H and O–H groups in total. The lowest BCUT2D eigenvalue weighted by Gasteiger charge is -2.15. The van der Waals surface area contributed by atoms with Crippen LogP contribution >= 0.6 is 0 Å². The van der Waals surface area contributed by atoms with Crippen LogP contribution in [0, 0.1) is 20.8 Å². The number of methoxy groups -OCH3 is 3. The van der Waals surface area contributed by atoms with Gasteiger partial charge in [0.15, 0.2) is 11.5 Å². The normalized spacial score (nSPS) is 10.5. The molecule has 0 aliphatic rings. The van der Waals surface area contributed by atoms with E-state index in [1.807, 2.05) is 44.2 Å². The molecule has 34 heavy (non-hydrogen) atoms. The molecule has 0 bridgehead atoms. The highest BCUT2D eigenvalue weighted by molar-refractivity contribution is 5.94. The average Bonchev–Trinajstić information content (AvgIpc) is 2.84. The van der Waals surface area contributed by atoms with Crippen molar-refractivity contribution in [3.63, 3.8) is 0 Å². The minimum Gasteiger partial charge on any atom is -0.496 e. The number of rotatable bonds is 10. The van der Waals surface area contributed by atoms with Gasteiger partial charge in [-0.25, -0.2) is 0 Å². The van der Waals surface area contributed by atoms with Crippen molar-refractivity contribution in [3.05, 3.63) is 81.9 Å². The standard InChI is InChI=1S/C28H33NO5/c1-18-13-19(2)20(3)26(14-18)34-17-23-16-22(8-10-24(23)31-4)28(30)29-12-11-21-7-9-25(32-5)27(15-21)33-6/h7-10,13-16H,11-12,17H2,1-6H3,(H,29,30). The molecule has 0 atom stereocenters.